The lowest BCUT2D eigenvalue weighted by molar-refractivity contribution is -0.178. The summed E-state index contributed by atoms with van der Waals surface area (Å²) in [6.45, 7) is 5.78. The van der Waals surface area contributed by atoms with Gasteiger partial charge in [-0.1, -0.05) is 0 Å². The average molecular weight is 372 g/mol. The molecule has 0 fully saturated rings. The molecule has 2 aromatic heterocycles. The third kappa shape index (κ3) is 4.02. The minimum atomic E-state index is -1.12. The zero-order valence-electron chi connectivity index (χ0n) is 15.5. The Labute approximate surface area is 154 Å². The summed E-state index contributed by atoms with van der Waals surface area (Å²) in [5, 5.41) is 1.59. The van der Waals surface area contributed by atoms with Crippen LogP contribution in [0.2, 0.25) is 0 Å². The van der Waals surface area contributed by atoms with Crippen LogP contribution in [-0.4, -0.2) is 23.6 Å². The summed E-state index contributed by atoms with van der Waals surface area (Å²) in [4.78, 5) is 35.3. The molecule has 2 heterocycles. The first-order chi connectivity index (χ1) is 12.7. The van der Waals surface area contributed by atoms with Gasteiger partial charge in [0.05, 0.1) is 6.26 Å². The van der Waals surface area contributed by atoms with Gasteiger partial charge in [0.1, 0.15) is 22.9 Å². The highest BCUT2D eigenvalue weighted by Crippen LogP contribution is 2.26. The second kappa shape index (κ2) is 6.90. The van der Waals surface area contributed by atoms with E-state index < -0.39 is 29.3 Å². The Kier molecular flexibility index (Phi) is 4.78. The summed E-state index contributed by atoms with van der Waals surface area (Å²) >= 11 is 0. The summed E-state index contributed by atoms with van der Waals surface area (Å²) in [5.41, 5.74) is -0.337. The minimum absolute atomic E-state index is 0.0432. The molecule has 0 amide bonds. The molecule has 27 heavy (non-hydrogen) atoms. The highest BCUT2D eigenvalue weighted by molar-refractivity contribution is 5.93. The molecule has 7 nitrogen and oxygen atoms in total. The second-order valence-corrected chi connectivity index (χ2v) is 6.91. The van der Waals surface area contributed by atoms with Crippen LogP contribution in [0.5, 0.6) is 0 Å². The van der Waals surface area contributed by atoms with Crippen molar-refractivity contribution in [2.45, 2.75) is 45.8 Å². The molecule has 0 saturated heterocycles. The predicted molar refractivity (Wildman–Crippen MR) is 97.4 cm³/mol. The molecule has 0 aliphatic rings. The standard InChI is InChI=1S/C20H20O7/c1-11(21)25-18(20(3,4)27-12(2)22)9-15-8-14-7-13-5-6-24-16(13)10-17(14)26-19(15)23/h5-8,10,18H,9H2,1-4H3/t18-/m1/s1. The number of hydrogen-bond donors (Lipinski definition) is 0. The first-order valence-electron chi connectivity index (χ1n) is 8.46. The maximum atomic E-state index is 12.4. The Hall–Kier alpha value is -3.09. The minimum Gasteiger partial charge on any atom is -0.464 e. The molecule has 3 aromatic rings. The average Bonchev–Trinajstić information content (AvgIpc) is 2.98. The lowest BCUT2D eigenvalue weighted by Crippen LogP contribution is -2.45. The van der Waals surface area contributed by atoms with E-state index in [1.54, 1.807) is 32.2 Å². The van der Waals surface area contributed by atoms with Crippen LogP contribution < -0.4 is 5.63 Å². The highest BCUT2D eigenvalue weighted by atomic mass is 16.6. The smallest absolute Gasteiger partial charge is 0.339 e. The van der Waals surface area contributed by atoms with Crippen molar-refractivity contribution in [3.05, 3.63) is 46.5 Å². The van der Waals surface area contributed by atoms with E-state index in [4.69, 9.17) is 18.3 Å². The molecule has 1 aromatic carbocycles. The highest BCUT2D eigenvalue weighted by Gasteiger charge is 2.36. The van der Waals surface area contributed by atoms with Gasteiger partial charge in [-0.25, -0.2) is 4.79 Å². The second-order valence-electron chi connectivity index (χ2n) is 6.91. The molecule has 0 saturated carbocycles. The molecular formula is C20H20O7. The fourth-order valence-corrected chi connectivity index (χ4v) is 3.03. The van der Waals surface area contributed by atoms with Gasteiger partial charge in [0.2, 0.25) is 0 Å². The Morgan fingerprint density at radius 1 is 1.07 bits per heavy atom. The first kappa shape index (κ1) is 18.7. The van der Waals surface area contributed by atoms with Crippen molar-refractivity contribution < 1.29 is 27.9 Å². The molecular weight excluding hydrogens is 352 g/mol. The van der Waals surface area contributed by atoms with E-state index in [1.807, 2.05) is 12.1 Å². The van der Waals surface area contributed by atoms with E-state index in [0.29, 0.717) is 22.1 Å². The van der Waals surface area contributed by atoms with Crippen molar-refractivity contribution in [1.82, 2.24) is 0 Å². The van der Waals surface area contributed by atoms with E-state index in [2.05, 4.69) is 0 Å². The fourth-order valence-electron chi connectivity index (χ4n) is 3.03. The van der Waals surface area contributed by atoms with Gasteiger partial charge >= 0.3 is 17.6 Å². The van der Waals surface area contributed by atoms with Crippen molar-refractivity contribution in [2.75, 3.05) is 0 Å². The first-order valence-corrected chi connectivity index (χ1v) is 8.46. The predicted octanol–water partition coefficient (Wildman–Crippen LogP) is 3.36. The molecule has 0 radical (unpaired) electrons. The third-order valence-corrected chi connectivity index (χ3v) is 4.28. The topological polar surface area (TPSA) is 96.0 Å². The molecule has 0 unspecified atom stereocenters. The number of ether oxygens (including phenoxy) is 2. The molecule has 1 atom stereocenters. The van der Waals surface area contributed by atoms with Crippen molar-refractivity contribution in [2.24, 2.45) is 0 Å². The van der Waals surface area contributed by atoms with Crippen LogP contribution in [0, 0.1) is 0 Å². The maximum Gasteiger partial charge on any atom is 0.339 e. The fraction of sp³-hybridized carbons (Fsp3) is 0.350. The molecule has 3 rings (SSSR count). The van der Waals surface area contributed by atoms with Gasteiger partial charge < -0.3 is 18.3 Å². The van der Waals surface area contributed by atoms with Crippen molar-refractivity contribution in [3.8, 4) is 0 Å². The zero-order valence-corrected chi connectivity index (χ0v) is 15.5. The van der Waals surface area contributed by atoms with E-state index >= 15 is 0 Å². The number of rotatable bonds is 5. The van der Waals surface area contributed by atoms with Crippen LogP contribution in [0.3, 0.4) is 0 Å². The normalized spacial score (nSPS) is 12.9. The molecule has 7 heteroatoms. The number of benzene rings is 1. The molecule has 0 aliphatic carbocycles. The van der Waals surface area contributed by atoms with Crippen LogP contribution in [0.1, 0.15) is 33.3 Å². The van der Waals surface area contributed by atoms with Crippen LogP contribution in [0.15, 0.2) is 44.2 Å². The summed E-state index contributed by atoms with van der Waals surface area (Å²) < 4.78 is 21.3. The maximum absolute atomic E-state index is 12.4. The Morgan fingerprint density at radius 3 is 2.48 bits per heavy atom. The molecule has 0 aliphatic heterocycles. The zero-order chi connectivity index (χ0) is 19.8. The lowest BCUT2D eigenvalue weighted by Gasteiger charge is -2.32. The van der Waals surface area contributed by atoms with E-state index in [1.165, 1.54) is 13.8 Å². The molecule has 0 spiro atoms. The number of carbonyl (C=O) groups excluding carboxylic acids is 2. The molecule has 142 valence electrons. The summed E-state index contributed by atoms with van der Waals surface area (Å²) in [5.74, 6) is -1.05. The lowest BCUT2D eigenvalue weighted by atomic mass is 9.94. The molecule has 0 N–H and O–H groups in total. The van der Waals surface area contributed by atoms with Gasteiger partial charge in [0.25, 0.3) is 0 Å². The monoisotopic (exact) mass is 372 g/mol. The SMILES string of the molecule is CC(=O)O[C@H](Cc1cc2cc3ccoc3cc2oc1=O)C(C)(C)OC(C)=O. The van der Waals surface area contributed by atoms with Crippen LogP contribution >= 0.6 is 0 Å². The number of esters is 2. The van der Waals surface area contributed by atoms with Crippen LogP contribution in [0.25, 0.3) is 21.9 Å². The Bertz CT molecular complexity index is 1070. The summed E-state index contributed by atoms with van der Waals surface area (Å²) in [7, 11) is 0. The Morgan fingerprint density at radius 2 is 1.81 bits per heavy atom. The van der Waals surface area contributed by atoms with Gasteiger partial charge in [-0.05, 0) is 32.0 Å². The Balaban J connectivity index is 2.01. The number of furan rings is 1. The quantitative estimate of drug-likeness (QED) is 0.500. The van der Waals surface area contributed by atoms with Crippen molar-refractivity contribution in [3.63, 3.8) is 0 Å². The van der Waals surface area contributed by atoms with Gasteiger partial charge in [-0.2, -0.15) is 0 Å². The van der Waals surface area contributed by atoms with Gasteiger partial charge in [-0.3, -0.25) is 9.59 Å². The molecule has 0 bridgehead atoms. The number of hydrogen-bond acceptors (Lipinski definition) is 7. The van der Waals surface area contributed by atoms with Gasteiger partial charge in [0.15, 0.2) is 0 Å². The van der Waals surface area contributed by atoms with Crippen molar-refractivity contribution >= 4 is 33.9 Å². The number of carbonyl (C=O) groups is 2. The number of fused-ring (bicyclic) bond motifs is 2. The van der Waals surface area contributed by atoms with Crippen LogP contribution in [-0.2, 0) is 25.5 Å². The van der Waals surface area contributed by atoms with E-state index in [-0.39, 0.29) is 6.42 Å². The van der Waals surface area contributed by atoms with Crippen LogP contribution in [0.4, 0.5) is 0 Å². The van der Waals surface area contributed by atoms with Gasteiger partial charge in [-0.15, -0.1) is 0 Å². The van der Waals surface area contributed by atoms with E-state index in [0.717, 1.165) is 5.39 Å². The van der Waals surface area contributed by atoms with Gasteiger partial charge in [0, 0.05) is 42.7 Å². The van der Waals surface area contributed by atoms with Crippen molar-refractivity contribution in [1.29, 1.82) is 0 Å². The summed E-state index contributed by atoms with van der Waals surface area (Å²) in [6, 6.07) is 7.00. The summed E-state index contributed by atoms with van der Waals surface area (Å²) in [6.07, 6.45) is 0.750. The largest absolute Gasteiger partial charge is 0.464 e. The van der Waals surface area contributed by atoms with E-state index in [9.17, 15) is 14.4 Å². The third-order valence-electron chi connectivity index (χ3n) is 4.28.